The average Bonchev–Trinajstić information content (AvgIpc) is 3.61. The van der Waals surface area contributed by atoms with Gasteiger partial charge in [-0.3, -0.25) is 0 Å². The van der Waals surface area contributed by atoms with Crippen LogP contribution in [0.5, 0.6) is 11.5 Å². The van der Waals surface area contributed by atoms with Gasteiger partial charge in [0.15, 0.2) is 0 Å². The Balaban J connectivity index is 1.21. The Labute approximate surface area is 345 Å². The number of rotatable bonds is 14. The number of hydrogen-bond donors (Lipinski definition) is 7. The Hall–Kier alpha value is -3.38. The fourth-order valence-electron chi connectivity index (χ4n) is 7.91. The molecular weight excluding hydrogens is 795 g/mol. The Kier molecular flexibility index (Phi) is 12.8. The van der Waals surface area contributed by atoms with E-state index in [1.165, 1.54) is 6.07 Å². The monoisotopic (exact) mass is 842 g/mol. The van der Waals surface area contributed by atoms with Crippen LogP contribution in [0.25, 0.3) is 0 Å². The lowest BCUT2D eigenvalue weighted by atomic mass is 9.83. The largest absolute Gasteiger partial charge is 0.494 e. The molecule has 7 rings (SSSR count). The lowest BCUT2D eigenvalue weighted by Gasteiger charge is -2.51. The predicted octanol–water partition coefficient (Wildman–Crippen LogP) is 3.35. The summed E-state index contributed by atoms with van der Waals surface area (Å²) >= 11 is 13.3. The van der Waals surface area contributed by atoms with Crippen LogP contribution in [0.4, 0.5) is 0 Å². The molecule has 3 heterocycles. The first-order valence-electron chi connectivity index (χ1n) is 19.2. The minimum Gasteiger partial charge on any atom is -0.494 e. The number of fused-ring (bicyclic) bond motifs is 2. The molecule has 3 saturated heterocycles. The molecule has 0 unspecified atom stereocenters. The van der Waals surface area contributed by atoms with E-state index in [-0.39, 0.29) is 5.56 Å². The number of benzene rings is 4. The average molecular weight is 844 g/mol. The summed E-state index contributed by atoms with van der Waals surface area (Å²) in [5.74, 6) is -2.89. The number of aliphatic hydroxyl groups excluding tert-OH is 7. The first-order chi connectivity index (χ1) is 27.8. The molecule has 0 saturated carbocycles. The zero-order valence-corrected chi connectivity index (χ0v) is 33.4. The maximum atomic E-state index is 11.7. The topological polar surface area (TPSA) is 197 Å². The molecule has 2 bridgehead atoms. The van der Waals surface area contributed by atoms with E-state index in [2.05, 4.69) is 0 Å². The minimum atomic E-state index is -2.31. The van der Waals surface area contributed by atoms with E-state index in [1.807, 2.05) is 62.4 Å². The van der Waals surface area contributed by atoms with E-state index in [0.717, 1.165) is 16.9 Å². The Morgan fingerprint density at radius 2 is 1.19 bits per heavy atom. The van der Waals surface area contributed by atoms with E-state index in [0.29, 0.717) is 58.5 Å². The maximum Gasteiger partial charge on any atom is 0.225 e. The summed E-state index contributed by atoms with van der Waals surface area (Å²) in [4.78, 5) is 0. The lowest BCUT2D eigenvalue weighted by Crippen LogP contribution is -2.68. The highest BCUT2D eigenvalue weighted by Gasteiger charge is 2.68. The highest BCUT2D eigenvalue weighted by atomic mass is 35.5. The van der Waals surface area contributed by atoms with Crippen molar-refractivity contribution in [2.45, 2.75) is 86.6 Å². The normalized spacial score (nSPS) is 31.9. The van der Waals surface area contributed by atoms with Gasteiger partial charge in [0.2, 0.25) is 11.6 Å². The molecule has 0 amide bonds. The van der Waals surface area contributed by atoms with Crippen LogP contribution in [-0.4, -0.2) is 117 Å². The molecule has 13 nitrogen and oxygen atoms in total. The van der Waals surface area contributed by atoms with Crippen molar-refractivity contribution in [2.24, 2.45) is 0 Å². The van der Waals surface area contributed by atoms with Crippen LogP contribution in [0, 0.1) is 0 Å². The van der Waals surface area contributed by atoms with Gasteiger partial charge in [-0.1, -0.05) is 59.6 Å². The smallest absolute Gasteiger partial charge is 0.225 e. The second kappa shape index (κ2) is 17.3. The molecule has 15 heteroatoms. The number of ether oxygens (including phenoxy) is 6. The summed E-state index contributed by atoms with van der Waals surface area (Å²) < 4.78 is 36.5. The van der Waals surface area contributed by atoms with Gasteiger partial charge in [-0.05, 0) is 97.5 Å². The van der Waals surface area contributed by atoms with Crippen molar-refractivity contribution in [1.29, 1.82) is 0 Å². The van der Waals surface area contributed by atoms with Crippen LogP contribution in [0.3, 0.4) is 0 Å². The van der Waals surface area contributed by atoms with E-state index < -0.39 is 79.7 Å². The molecule has 4 aromatic carbocycles. The highest BCUT2D eigenvalue weighted by molar-refractivity contribution is 6.31. The molecule has 10 atom stereocenters. The third kappa shape index (κ3) is 7.85. The van der Waals surface area contributed by atoms with Gasteiger partial charge in [-0.15, -0.1) is 0 Å². The van der Waals surface area contributed by atoms with Crippen molar-refractivity contribution in [2.75, 3.05) is 33.0 Å². The third-order valence-electron chi connectivity index (χ3n) is 11.1. The summed E-state index contributed by atoms with van der Waals surface area (Å²) in [5, 5.41) is 79.1. The van der Waals surface area contributed by atoms with Crippen LogP contribution < -0.4 is 9.47 Å². The molecule has 4 aromatic rings. The number of halogens is 2. The van der Waals surface area contributed by atoms with Gasteiger partial charge in [0.25, 0.3) is 0 Å². The molecule has 0 aromatic heterocycles. The molecule has 7 N–H and O–H groups in total. The number of aliphatic hydroxyl groups is 7. The van der Waals surface area contributed by atoms with E-state index in [1.54, 1.807) is 30.3 Å². The quantitative estimate of drug-likeness (QED) is 0.0978. The Bertz CT molecular complexity index is 2030. The minimum absolute atomic E-state index is 0.152. The van der Waals surface area contributed by atoms with E-state index in [4.69, 9.17) is 51.6 Å². The molecule has 312 valence electrons. The summed E-state index contributed by atoms with van der Waals surface area (Å²) in [6, 6.07) is 24.5. The Morgan fingerprint density at radius 1 is 0.655 bits per heavy atom. The van der Waals surface area contributed by atoms with Crippen molar-refractivity contribution in [1.82, 2.24) is 0 Å². The molecule has 0 aliphatic carbocycles. The van der Waals surface area contributed by atoms with Gasteiger partial charge in [-0.25, -0.2) is 0 Å². The lowest BCUT2D eigenvalue weighted by molar-refractivity contribution is -0.392. The molecule has 3 aliphatic rings. The fourth-order valence-corrected chi connectivity index (χ4v) is 8.27. The van der Waals surface area contributed by atoms with Crippen LogP contribution in [0.15, 0.2) is 84.9 Å². The second-order valence-corrected chi connectivity index (χ2v) is 15.7. The van der Waals surface area contributed by atoms with Gasteiger partial charge < -0.3 is 64.2 Å². The molecule has 0 spiro atoms. The summed E-state index contributed by atoms with van der Waals surface area (Å²) in [6.45, 7) is 3.00. The number of hydrogen-bond acceptors (Lipinski definition) is 13. The predicted molar refractivity (Wildman–Crippen MR) is 211 cm³/mol. The van der Waals surface area contributed by atoms with Gasteiger partial charge in [0.05, 0.1) is 33.0 Å². The summed E-state index contributed by atoms with van der Waals surface area (Å²) in [5.41, 5.74) is 1.61. The fraction of sp³-hybridized carbons (Fsp3) is 0.442. The zero-order valence-electron chi connectivity index (χ0n) is 31.9. The van der Waals surface area contributed by atoms with Crippen LogP contribution in [-0.2, 0) is 43.4 Å². The second-order valence-electron chi connectivity index (χ2n) is 14.8. The molecule has 3 aliphatic heterocycles. The van der Waals surface area contributed by atoms with Crippen LogP contribution in [0.2, 0.25) is 10.0 Å². The first kappa shape index (κ1) is 42.7. The van der Waals surface area contributed by atoms with Gasteiger partial charge >= 0.3 is 0 Å². The van der Waals surface area contributed by atoms with Gasteiger partial charge in [-0.2, -0.15) is 0 Å². The van der Waals surface area contributed by atoms with Crippen molar-refractivity contribution in [3.63, 3.8) is 0 Å². The first-order valence-corrected chi connectivity index (χ1v) is 19.9. The van der Waals surface area contributed by atoms with Crippen LogP contribution >= 0.6 is 23.2 Å². The SMILES string of the molecule is CCOc1ccc(Cc2cc([C@]34OC[C@](CO[C@@]5(c6ccc(Cl)c(Cc7ccc(OCC)cc7)c6)O[C@H](CO)[C@@H](O)[C@H](O)[C@H]5O)(O3)[C@@H](O)[C@H](O)[C@H]4O)ccc2Cl)cc1. The van der Waals surface area contributed by atoms with E-state index in [9.17, 15) is 35.7 Å². The zero-order chi connectivity index (χ0) is 41.4. The summed E-state index contributed by atoms with van der Waals surface area (Å²) in [6.07, 6.45) is -11.6. The standard InChI is InChI=1S/C43H48Cl2O13/c1-3-53-30-11-5-24(6-12-30)17-26-19-28(9-15-32(26)44)42(39(51)36(48)35(47)34(21-46)57-42)55-22-41-23-56-43(58-41,40(52)37(49)38(41)50)29-10-16-33(45)27(20-29)18-25-7-13-31(14-8-25)54-4-2/h5-16,19-20,34-40,46-52H,3-4,17-18,21-23H2,1-2H3/t34-,35-,36+,37+,38+,39-,40-,41+,42+,43+/m1/s1. The maximum absolute atomic E-state index is 11.7. The molecule has 0 radical (unpaired) electrons. The molecule has 58 heavy (non-hydrogen) atoms. The van der Waals surface area contributed by atoms with E-state index >= 15 is 0 Å². The summed E-state index contributed by atoms with van der Waals surface area (Å²) in [7, 11) is 0. The molecule has 3 fully saturated rings. The Morgan fingerprint density at radius 3 is 1.72 bits per heavy atom. The third-order valence-corrected chi connectivity index (χ3v) is 11.8. The van der Waals surface area contributed by atoms with Crippen molar-refractivity contribution in [3.05, 3.63) is 128 Å². The van der Waals surface area contributed by atoms with Gasteiger partial charge in [0, 0.05) is 21.2 Å². The van der Waals surface area contributed by atoms with Crippen molar-refractivity contribution in [3.8, 4) is 11.5 Å². The highest BCUT2D eigenvalue weighted by Crippen LogP contribution is 2.52. The van der Waals surface area contributed by atoms with Crippen molar-refractivity contribution >= 4 is 23.2 Å². The van der Waals surface area contributed by atoms with Crippen LogP contribution in [0.1, 0.15) is 47.2 Å². The van der Waals surface area contributed by atoms with Crippen molar-refractivity contribution < 1.29 is 64.2 Å². The molecular formula is C43H48Cl2O13. The van der Waals surface area contributed by atoms with Gasteiger partial charge in [0.1, 0.15) is 59.8 Å².